The Morgan fingerprint density at radius 3 is 2.59 bits per heavy atom. The zero-order chi connectivity index (χ0) is 15.7. The van der Waals surface area contributed by atoms with Crippen LogP contribution in [0.15, 0.2) is 23.2 Å². The summed E-state index contributed by atoms with van der Waals surface area (Å²) in [5, 5.41) is 6.17. The van der Waals surface area contributed by atoms with E-state index in [4.69, 9.17) is 0 Å². The largest absolute Gasteiger partial charge is 0.469 e. The van der Waals surface area contributed by atoms with E-state index in [2.05, 4.69) is 20.4 Å². The number of benzene rings is 1. The Hall–Kier alpha value is -1.38. The summed E-state index contributed by atoms with van der Waals surface area (Å²) in [5.41, 5.74) is 2.03. The number of hydrogen-bond donors (Lipinski definition) is 2. The van der Waals surface area contributed by atoms with Crippen molar-refractivity contribution in [3.63, 3.8) is 0 Å². The molecule has 2 N–H and O–H groups in total. The van der Waals surface area contributed by atoms with E-state index < -0.39 is 0 Å². The number of nitrogens with one attached hydrogen (secondary N) is 2. The number of methoxy groups -OCH3 is 1. The normalized spacial score (nSPS) is 10.6. The molecule has 0 radical (unpaired) electrons. The van der Waals surface area contributed by atoms with E-state index >= 15 is 0 Å². The van der Waals surface area contributed by atoms with Gasteiger partial charge in [0.1, 0.15) is 5.82 Å². The van der Waals surface area contributed by atoms with Crippen LogP contribution in [0.2, 0.25) is 0 Å². The molecule has 0 amide bonds. The summed E-state index contributed by atoms with van der Waals surface area (Å²) >= 11 is 0. The van der Waals surface area contributed by atoms with E-state index in [-0.39, 0.29) is 42.2 Å². The quantitative estimate of drug-likeness (QED) is 0.318. The van der Waals surface area contributed by atoms with Crippen LogP contribution in [0.25, 0.3) is 0 Å². The van der Waals surface area contributed by atoms with Crippen LogP contribution >= 0.6 is 24.0 Å². The summed E-state index contributed by atoms with van der Waals surface area (Å²) in [6.45, 7) is 3.02. The lowest BCUT2D eigenvalue weighted by atomic mass is 10.1. The number of guanidine groups is 1. The Morgan fingerprint density at radius 1 is 1.32 bits per heavy atom. The summed E-state index contributed by atoms with van der Waals surface area (Å²) in [6, 6.07) is 4.78. The molecule has 0 spiro atoms. The molecule has 7 heteroatoms. The number of hydrogen-bond acceptors (Lipinski definition) is 3. The Labute approximate surface area is 147 Å². The van der Waals surface area contributed by atoms with Crippen LogP contribution < -0.4 is 10.6 Å². The predicted octanol–water partition coefficient (Wildman–Crippen LogP) is 2.02. The lowest BCUT2D eigenvalue weighted by Gasteiger charge is -2.12. The van der Waals surface area contributed by atoms with E-state index in [1.807, 2.05) is 6.92 Å². The number of ether oxygens (including phenoxy) is 1. The zero-order valence-corrected chi connectivity index (χ0v) is 15.4. The van der Waals surface area contributed by atoms with Crippen LogP contribution in [-0.2, 0) is 16.0 Å². The summed E-state index contributed by atoms with van der Waals surface area (Å²) in [6.07, 6.45) is 1.05. The molecule has 0 aliphatic rings. The number of rotatable bonds is 6. The van der Waals surface area contributed by atoms with Crippen LogP contribution in [0.4, 0.5) is 4.39 Å². The highest BCUT2D eigenvalue weighted by Gasteiger charge is 2.03. The van der Waals surface area contributed by atoms with Gasteiger partial charge >= 0.3 is 5.97 Å². The number of aryl methyl sites for hydroxylation is 1. The van der Waals surface area contributed by atoms with Crippen molar-refractivity contribution in [2.75, 3.05) is 27.2 Å². The maximum Gasteiger partial charge on any atom is 0.307 e. The maximum atomic E-state index is 13.0. The zero-order valence-electron chi connectivity index (χ0n) is 13.1. The van der Waals surface area contributed by atoms with E-state index in [1.165, 1.54) is 19.2 Å². The van der Waals surface area contributed by atoms with Gasteiger partial charge in [-0.05, 0) is 36.6 Å². The van der Waals surface area contributed by atoms with Crippen LogP contribution in [0.5, 0.6) is 0 Å². The fourth-order valence-electron chi connectivity index (χ4n) is 1.86. The average molecular weight is 423 g/mol. The molecule has 0 atom stereocenters. The SMILES string of the molecule is CN=C(NCCC(=O)OC)NCCc1ccc(F)cc1C.I. The summed E-state index contributed by atoms with van der Waals surface area (Å²) < 4.78 is 17.6. The molecular weight excluding hydrogens is 400 g/mol. The van der Waals surface area contributed by atoms with Gasteiger partial charge in [0.2, 0.25) is 0 Å². The highest BCUT2D eigenvalue weighted by atomic mass is 127. The van der Waals surface area contributed by atoms with Crippen molar-refractivity contribution < 1.29 is 13.9 Å². The molecule has 22 heavy (non-hydrogen) atoms. The molecule has 1 rings (SSSR count). The first kappa shape index (κ1) is 20.6. The van der Waals surface area contributed by atoms with Gasteiger partial charge in [-0.2, -0.15) is 0 Å². The highest BCUT2D eigenvalue weighted by Crippen LogP contribution is 2.10. The molecule has 0 aliphatic heterocycles. The molecule has 1 aromatic rings. The van der Waals surface area contributed by atoms with E-state index in [9.17, 15) is 9.18 Å². The first-order valence-electron chi connectivity index (χ1n) is 6.83. The molecule has 0 bridgehead atoms. The first-order chi connectivity index (χ1) is 10.1. The minimum Gasteiger partial charge on any atom is -0.469 e. The fourth-order valence-corrected chi connectivity index (χ4v) is 1.86. The number of nitrogens with zero attached hydrogens (tertiary/aromatic N) is 1. The van der Waals surface area contributed by atoms with Gasteiger partial charge in [-0.15, -0.1) is 24.0 Å². The van der Waals surface area contributed by atoms with Gasteiger partial charge in [-0.3, -0.25) is 9.79 Å². The number of carbonyl (C=O) groups excluding carboxylic acids is 1. The molecule has 0 unspecified atom stereocenters. The third kappa shape index (κ3) is 7.58. The molecule has 5 nitrogen and oxygen atoms in total. The summed E-state index contributed by atoms with van der Waals surface area (Å²) in [4.78, 5) is 15.1. The predicted molar refractivity (Wildman–Crippen MR) is 96.3 cm³/mol. The maximum absolute atomic E-state index is 13.0. The van der Waals surface area contributed by atoms with Crippen LogP contribution in [0.1, 0.15) is 17.5 Å². The first-order valence-corrected chi connectivity index (χ1v) is 6.83. The number of aliphatic imine (C=N–C) groups is 1. The molecule has 0 fully saturated rings. The minimum atomic E-state index is -0.264. The molecule has 124 valence electrons. The van der Waals surface area contributed by atoms with Gasteiger partial charge < -0.3 is 15.4 Å². The smallest absolute Gasteiger partial charge is 0.307 e. The standard InChI is InChI=1S/C15H22FN3O2.HI/c1-11-10-13(16)5-4-12(11)6-8-18-15(17-2)19-9-7-14(20)21-3;/h4-5,10H,6-9H2,1-3H3,(H2,17,18,19);1H. The van der Waals surface area contributed by atoms with Crippen LogP contribution in [0, 0.1) is 12.7 Å². The summed E-state index contributed by atoms with van der Waals surface area (Å²) in [7, 11) is 3.02. The number of esters is 1. The van der Waals surface area contributed by atoms with E-state index in [0.717, 1.165) is 17.5 Å². The second-order valence-electron chi connectivity index (χ2n) is 4.57. The van der Waals surface area contributed by atoms with Crippen molar-refractivity contribution in [1.82, 2.24) is 10.6 Å². The summed E-state index contributed by atoms with van der Waals surface area (Å²) in [5.74, 6) is 0.142. The molecule has 0 saturated heterocycles. The second kappa shape index (κ2) is 11.2. The highest BCUT2D eigenvalue weighted by molar-refractivity contribution is 14.0. The molecule has 0 aromatic heterocycles. The lowest BCUT2D eigenvalue weighted by molar-refractivity contribution is -0.140. The van der Waals surface area contributed by atoms with Crippen molar-refractivity contribution >= 4 is 35.9 Å². The van der Waals surface area contributed by atoms with Gasteiger partial charge in [-0.25, -0.2) is 4.39 Å². The van der Waals surface area contributed by atoms with Crippen molar-refractivity contribution in [3.05, 3.63) is 35.1 Å². The minimum absolute atomic E-state index is 0. The van der Waals surface area contributed by atoms with E-state index in [1.54, 1.807) is 13.1 Å². The number of halogens is 2. The van der Waals surface area contributed by atoms with Crippen LogP contribution in [-0.4, -0.2) is 39.2 Å². The monoisotopic (exact) mass is 423 g/mol. The third-order valence-electron chi connectivity index (χ3n) is 3.06. The Bertz CT molecular complexity index is 510. The molecule has 0 saturated carbocycles. The van der Waals surface area contributed by atoms with E-state index in [0.29, 0.717) is 19.0 Å². The van der Waals surface area contributed by atoms with Crippen molar-refractivity contribution in [2.45, 2.75) is 19.8 Å². The van der Waals surface area contributed by atoms with Crippen molar-refractivity contribution in [3.8, 4) is 0 Å². The lowest BCUT2D eigenvalue weighted by Crippen LogP contribution is -2.39. The Morgan fingerprint density at radius 2 is 2.00 bits per heavy atom. The Kier molecular flexibility index (Phi) is 10.5. The van der Waals surface area contributed by atoms with Gasteiger partial charge in [0.05, 0.1) is 13.5 Å². The fraction of sp³-hybridized carbons (Fsp3) is 0.467. The molecule has 0 aliphatic carbocycles. The number of carbonyl (C=O) groups is 1. The van der Waals surface area contributed by atoms with Gasteiger partial charge in [-0.1, -0.05) is 6.07 Å². The molecular formula is C15H23FIN3O2. The van der Waals surface area contributed by atoms with Crippen molar-refractivity contribution in [2.24, 2.45) is 4.99 Å². The van der Waals surface area contributed by atoms with Crippen LogP contribution in [0.3, 0.4) is 0 Å². The molecule has 0 heterocycles. The average Bonchev–Trinajstić information content (AvgIpc) is 2.47. The molecule has 1 aromatic carbocycles. The topological polar surface area (TPSA) is 62.7 Å². The Balaban J connectivity index is 0.00000441. The third-order valence-corrected chi connectivity index (χ3v) is 3.06. The second-order valence-corrected chi connectivity index (χ2v) is 4.57. The van der Waals surface area contributed by atoms with Gasteiger partial charge in [0.15, 0.2) is 5.96 Å². The van der Waals surface area contributed by atoms with Gasteiger partial charge in [0.25, 0.3) is 0 Å². The van der Waals surface area contributed by atoms with Gasteiger partial charge in [0, 0.05) is 20.1 Å². The van der Waals surface area contributed by atoms with Crippen molar-refractivity contribution in [1.29, 1.82) is 0 Å².